The summed E-state index contributed by atoms with van der Waals surface area (Å²) in [6, 6.07) is 3.63. The van der Waals surface area contributed by atoms with Crippen molar-refractivity contribution < 1.29 is 19.4 Å². The topological polar surface area (TPSA) is 130 Å². The average Bonchev–Trinajstić information content (AvgIpc) is 3.58. The van der Waals surface area contributed by atoms with E-state index in [1.165, 1.54) is 11.0 Å². The van der Waals surface area contributed by atoms with E-state index in [1.807, 2.05) is 17.9 Å². The molecule has 33 heavy (non-hydrogen) atoms. The fourth-order valence-corrected chi connectivity index (χ4v) is 4.77. The number of aromatic nitrogens is 5. The Kier molecular flexibility index (Phi) is 5.54. The van der Waals surface area contributed by atoms with Crippen molar-refractivity contribution in [3.8, 4) is 5.82 Å². The van der Waals surface area contributed by atoms with E-state index in [1.54, 1.807) is 17.9 Å². The number of β-amino-alcohol motifs (C(OH)–C–C–N with tert-alkyl or cyclic N) is 1. The maximum Gasteiger partial charge on any atom is 0.336 e. The summed E-state index contributed by atoms with van der Waals surface area (Å²) in [7, 11) is 0. The number of urea groups is 1. The van der Waals surface area contributed by atoms with E-state index >= 15 is 0 Å². The molecule has 2 amide bonds. The second-order valence-electron chi connectivity index (χ2n) is 8.59. The van der Waals surface area contributed by atoms with Gasteiger partial charge in [-0.15, -0.1) is 5.10 Å². The van der Waals surface area contributed by atoms with Crippen LogP contribution in [0.2, 0.25) is 0 Å². The Bertz CT molecular complexity index is 1100. The predicted molar refractivity (Wildman–Crippen MR) is 114 cm³/mol. The standard InChI is InChI=1S/C21H26N8O4/c1-13-17(11-33-20(13)31)28-8-7-27(21(28)32)15-5-6-26(9-15)10-18(30)16-3-4-19(23-14(16)2)29-12-22-24-25-29/h3-4,12,15,18,30H,5-11H2,1-2H3. The molecule has 174 valence electrons. The summed E-state index contributed by atoms with van der Waals surface area (Å²) >= 11 is 0. The normalized spacial score (nSPS) is 22.6. The summed E-state index contributed by atoms with van der Waals surface area (Å²) in [6.45, 7) is 6.83. The van der Waals surface area contributed by atoms with Crippen molar-refractivity contribution in [2.45, 2.75) is 32.4 Å². The van der Waals surface area contributed by atoms with E-state index in [0.29, 0.717) is 49.0 Å². The molecule has 5 heterocycles. The third-order valence-corrected chi connectivity index (χ3v) is 6.62. The number of cyclic esters (lactones) is 1. The second-order valence-corrected chi connectivity index (χ2v) is 8.59. The minimum Gasteiger partial charge on any atom is -0.456 e. The number of nitrogens with zero attached hydrogens (tertiary/aromatic N) is 8. The first kappa shape index (κ1) is 21.5. The van der Waals surface area contributed by atoms with Gasteiger partial charge in [-0.05, 0) is 36.8 Å². The number of esters is 1. The zero-order chi connectivity index (χ0) is 23.1. The Hall–Kier alpha value is -3.38. The molecule has 0 aromatic carbocycles. The van der Waals surface area contributed by atoms with E-state index < -0.39 is 6.10 Å². The van der Waals surface area contributed by atoms with Gasteiger partial charge in [-0.1, -0.05) is 6.07 Å². The fourth-order valence-electron chi connectivity index (χ4n) is 4.77. The van der Waals surface area contributed by atoms with Crippen molar-refractivity contribution in [1.82, 2.24) is 39.9 Å². The number of aliphatic hydroxyl groups excluding tert-OH is 1. The van der Waals surface area contributed by atoms with E-state index in [2.05, 4.69) is 25.4 Å². The molecule has 0 saturated carbocycles. The molecule has 2 fully saturated rings. The van der Waals surface area contributed by atoms with Crippen LogP contribution in [0.25, 0.3) is 5.82 Å². The van der Waals surface area contributed by atoms with Crippen LogP contribution in [0.1, 0.15) is 30.7 Å². The number of ether oxygens (including phenoxy) is 1. The smallest absolute Gasteiger partial charge is 0.336 e. The molecule has 12 heteroatoms. The van der Waals surface area contributed by atoms with E-state index in [-0.39, 0.29) is 24.6 Å². The SMILES string of the molecule is CC1=C(N2CCN(C3CCN(CC(O)c4ccc(-n5cnnn5)nc4C)C3)C2=O)COC1=O. The molecule has 12 nitrogen and oxygen atoms in total. The highest BCUT2D eigenvalue weighted by atomic mass is 16.5. The molecular weight excluding hydrogens is 428 g/mol. The highest BCUT2D eigenvalue weighted by Crippen LogP contribution is 2.28. The summed E-state index contributed by atoms with van der Waals surface area (Å²) in [4.78, 5) is 34.9. The first-order chi connectivity index (χ1) is 15.9. The number of carbonyl (C=O) groups excluding carboxylic acids is 2. The van der Waals surface area contributed by atoms with Gasteiger partial charge in [0, 0.05) is 50.0 Å². The van der Waals surface area contributed by atoms with Gasteiger partial charge in [-0.2, -0.15) is 4.68 Å². The number of aliphatic hydroxyl groups is 1. The lowest BCUT2D eigenvalue weighted by Gasteiger charge is -2.26. The highest BCUT2D eigenvalue weighted by Gasteiger charge is 2.40. The number of rotatable bonds is 6. The van der Waals surface area contributed by atoms with Crippen LogP contribution in [0.5, 0.6) is 0 Å². The first-order valence-electron chi connectivity index (χ1n) is 11.0. The van der Waals surface area contributed by atoms with Crippen LogP contribution in [-0.4, -0.2) is 102 Å². The molecule has 0 radical (unpaired) electrons. The molecule has 3 aliphatic rings. The maximum atomic E-state index is 13.0. The monoisotopic (exact) mass is 454 g/mol. The molecule has 2 aromatic heterocycles. The number of carbonyl (C=O) groups is 2. The van der Waals surface area contributed by atoms with Crippen molar-refractivity contribution in [2.75, 3.05) is 39.3 Å². The number of aryl methyl sites for hydroxylation is 1. The van der Waals surface area contributed by atoms with Crippen LogP contribution in [0.15, 0.2) is 29.7 Å². The molecule has 0 spiro atoms. The van der Waals surface area contributed by atoms with E-state index in [9.17, 15) is 14.7 Å². The van der Waals surface area contributed by atoms with Crippen molar-refractivity contribution in [3.63, 3.8) is 0 Å². The average molecular weight is 454 g/mol. The van der Waals surface area contributed by atoms with Crippen LogP contribution in [-0.2, 0) is 9.53 Å². The van der Waals surface area contributed by atoms with Crippen LogP contribution < -0.4 is 0 Å². The lowest BCUT2D eigenvalue weighted by atomic mass is 10.1. The molecule has 2 atom stereocenters. The molecular formula is C21H26N8O4. The van der Waals surface area contributed by atoms with Gasteiger partial charge in [0.25, 0.3) is 0 Å². The number of pyridine rings is 1. The zero-order valence-corrected chi connectivity index (χ0v) is 18.6. The summed E-state index contributed by atoms with van der Waals surface area (Å²) in [5.41, 5.74) is 2.66. The number of likely N-dealkylation sites (tertiary alicyclic amines) is 1. The molecule has 0 bridgehead atoms. The fraction of sp³-hybridized carbons (Fsp3) is 0.524. The van der Waals surface area contributed by atoms with Crippen molar-refractivity contribution >= 4 is 12.0 Å². The molecule has 5 rings (SSSR count). The van der Waals surface area contributed by atoms with Crippen molar-refractivity contribution in [1.29, 1.82) is 0 Å². The Morgan fingerprint density at radius 2 is 2.06 bits per heavy atom. The Labute approximate surface area is 190 Å². The molecule has 2 unspecified atom stereocenters. The Morgan fingerprint density at radius 3 is 2.76 bits per heavy atom. The summed E-state index contributed by atoms with van der Waals surface area (Å²) in [6.07, 6.45) is 1.62. The van der Waals surface area contributed by atoms with Gasteiger partial charge in [0.2, 0.25) is 0 Å². The van der Waals surface area contributed by atoms with Gasteiger partial charge >= 0.3 is 12.0 Å². The lowest BCUT2D eigenvalue weighted by molar-refractivity contribution is -0.136. The second kappa shape index (κ2) is 8.52. The van der Waals surface area contributed by atoms with Gasteiger partial charge in [0.05, 0.1) is 17.4 Å². The Morgan fingerprint density at radius 1 is 1.21 bits per heavy atom. The minimum absolute atomic E-state index is 0.0757. The molecule has 2 saturated heterocycles. The quantitative estimate of drug-likeness (QED) is 0.601. The predicted octanol–water partition coefficient (Wildman–Crippen LogP) is 0.0418. The van der Waals surface area contributed by atoms with Crippen molar-refractivity contribution in [2.24, 2.45) is 0 Å². The number of amides is 2. The summed E-state index contributed by atoms with van der Waals surface area (Å²) < 4.78 is 6.53. The summed E-state index contributed by atoms with van der Waals surface area (Å²) in [5, 5.41) is 21.9. The van der Waals surface area contributed by atoms with Gasteiger partial charge < -0.3 is 14.7 Å². The van der Waals surface area contributed by atoms with Gasteiger partial charge in [0.1, 0.15) is 12.9 Å². The number of tetrazole rings is 1. The molecule has 1 N–H and O–H groups in total. The third-order valence-electron chi connectivity index (χ3n) is 6.62. The maximum absolute atomic E-state index is 13.0. The largest absolute Gasteiger partial charge is 0.456 e. The zero-order valence-electron chi connectivity index (χ0n) is 18.6. The van der Waals surface area contributed by atoms with E-state index in [4.69, 9.17) is 4.74 Å². The van der Waals surface area contributed by atoms with Crippen LogP contribution >= 0.6 is 0 Å². The van der Waals surface area contributed by atoms with Crippen molar-refractivity contribution in [3.05, 3.63) is 41.0 Å². The highest BCUT2D eigenvalue weighted by molar-refractivity contribution is 5.92. The van der Waals surface area contributed by atoms with Gasteiger partial charge in [0.15, 0.2) is 5.82 Å². The third kappa shape index (κ3) is 3.95. The number of hydrogen-bond donors (Lipinski definition) is 1. The molecule has 0 aliphatic carbocycles. The summed E-state index contributed by atoms with van der Waals surface area (Å²) in [5.74, 6) is 0.236. The van der Waals surface area contributed by atoms with Crippen LogP contribution in [0, 0.1) is 6.92 Å². The number of hydrogen-bond acceptors (Lipinski definition) is 9. The lowest BCUT2D eigenvalue weighted by Crippen LogP contribution is -2.41. The van der Waals surface area contributed by atoms with Crippen LogP contribution in [0.4, 0.5) is 4.79 Å². The minimum atomic E-state index is -0.695. The van der Waals surface area contributed by atoms with E-state index in [0.717, 1.165) is 18.5 Å². The first-order valence-corrected chi connectivity index (χ1v) is 11.0. The van der Waals surface area contributed by atoms with Crippen LogP contribution in [0.3, 0.4) is 0 Å². The Balaban J connectivity index is 1.20. The van der Waals surface area contributed by atoms with Gasteiger partial charge in [-0.3, -0.25) is 9.80 Å². The molecule has 2 aromatic rings. The van der Waals surface area contributed by atoms with Gasteiger partial charge in [-0.25, -0.2) is 14.6 Å². The molecule has 3 aliphatic heterocycles.